The monoisotopic (exact) mass is 357 g/mol. The Morgan fingerprint density at radius 3 is 2.56 bits per heavy atom. The van der Waals surface area contributed by atoms with Gasteiger partial charge in [-0.15, -0.1) is 0 Å². The van der Waals surface area contributed by atoms with Crippen LogP contribution in [-0.4, -0.2) is 35.2 Å². The molecule has 0 saturated carbocycles. The second kappa shape index (κ2) is 8.13. The van der Waals surface area contributed by atoms with E-state index in [4.69, 9.17) is 4.74 Å². The average molecular weight is 357 g/mol. The number of hydrogen-bond donors (Lipinski definition) is 1. The SMILES string of the molecule is CN(COCc1ccc(CC2SC(=O)NC2=O)cc1)c1ccccn1. The van der Waals surface area contributed by atoms with Crippen LogP contribution in [0.1, 0.15) is 11.1 Å². The molecule has 1 unspecified atom stereocenters. The van der Waals surface area contributed by atoms with Gasteiger partial charge in [0.05, 0.1) is 11.9 Å². The number of carbonyl (C=O) groups is 2. The van der Waals surface area contributed by atoms with Gasteiger partial charge in [0.2, 0.25) is 5.91 Å². The van der Waals surface area contributed by atoms with Gasteiger partial charge in [-0.3, -0.25) is 14.9 Å². The molecule has 1 N–H and O–H groups in total. The third kappa shape index (κ3) is 4.80. The van der Waals surface area contributed by atoms with Gasteiger partial charge >= 0.3 is 0 Å². The van der Waals surface area contributed by atoms with Gasteiger partial charge in [0.1, 0.15) is 12.5 Å². The van der Waals surface area contributed by atoms with Crippen molar-refractivity contribution in [1.82, 2.24) is 10.3 Å². The lowest BCUT2D eigenvalue weighted by Gasteiger charge is -2.17. The Balaban J connectivity index is 1.46. The number of ether oxygens (including phenoxy) is 1. The Morgan fingerprint density at radius 1 is 1.16 bits per heavy atom. The minimum absolute atomic E-state index is 0.208. The lowest BCUT2D eigenvalue weighted by atomic mass is 10.1. The van der Waals surface area contributed by atoms with Crippen LogP contribution in [-0.2, 0) is 22.6 Å². The first kappa shape index (κ1) is 17.4. The highest BCUT2D eigenvalue weighted by atomic mass is 32.2. The molecule has 2 aromatic rings. The molecule has 0 spiro atoms. The summed E-state index contributed by atoms with van der Waals surface area (Å²) in [6, 6.07) is 13.7. The molecule has 6 nitrogen and oxygen atoms in total. The van der Waals surface area contributed by atoms with Crippen molar-refractivity contribution >= 4 is 28.7 Å². The number of nitrogens with zero attached hydrogens (tertiary/aromatic N) is 2. The van der Waals surface area contributed by atoms with E-state index in [-0.39, 0.29) is 16.4 Å². The lowest BCUT2D eigenvalue weighted by molar-refractivity contribution is -0.118. The number of amides is 2. The molecule has 3 rings (SSSR count). The van der Waals surface area contributed by atoms with Crippen molar-refractivity contribution in [3.8, 4) is 0 Å². The molecule has 0 radical (unpaired) electrons. The minimum atomic E-state index is -0.332. The maximum atomic E-state index is 11.6. The van der Waals surface area contributed by atoms with Crippen molar-refractivity contribution in [3.63, 3.8) is 0 Å². The molecule has 130 valence electrons. The van der Waals surface area contributed by atoms with Crippen molar-refractivity contribution in [2.75, 3.05) is 18.7 Å². The summed E-state index contributed by atoms with van der Waals surface area (Å²) in [7, 11) is 1.93. The Labute approximate surface area is 150 Å². The van der Waals surface area contributed by atoms with Gasteiger partial charge in [0.25, 0.3) is 5.24 Å². The second-order valence-corrected chi connectivity index (χ2v) is 6.94. The summed E-state index contributed by atoms with van der Waals surface area (Å²) in [6.07, 6.45) is 2.30. The van der Waals surface area contributed by atoms with Gasteiger partial charge in [-0.2, -0.15) is 0 Å². The summed E-state index contributed by atoms with van der Waals surface area (Å²) >= 11 is 1.05. The van der Waals surface area contributed by atoms with Gasteiger partial charge in [0.15, 0.2) is 0 Å². The van der Waals surface area contributed by atoms with Gasteiger partial charge in [-0.1, -0.05) is 42.1 Å². The molecule has 2 amide bonds. The number of imide groups is 1. The molecule has 1 fully saturated rings. The third-order valence-corrected chi connectivity index (χ3v) is 4.79. The van der Waals surface area contributed by atoms with Crippen LogP contribution >= 0.6 is 11.8 Å². The molecular formula is C18H19N3O3S. The molecule has 2 heterocycles. The van der Waals surface area contributed by atoms with Crippen LogP contribution < -0.4 is 10.2 Å². The first-order valence-electron chi connectivity index (χ1n) is 7.91. The zero-order valence-corrected chi connectivity index (χ0v) is 14.7. The van der Waals surface area contributed by atoms with Crippen LogP contribution in [0.5, 0.6) is 0 Å². The summed E-state index contributed by atoms with van der Waals surface area (Å²) in [5.41, 5.74) is 2.08. The number of nitrogens with one attached hydrogen (secondary N) is 1. The molecule has 1 aromatic carbocycles. The van der Waals surface area contributed by atoms with E-state index in [0.717, 1.165) is 28.7 Å². The van der Waals surface area contributed by atoms with Crippen molar-refractivity contribution in [2.24, 2.45) is 0 Å². The Morgan fingerprint density at radius 2 is 1.92 bits per heavy atom. The highest BCUT2D eigenvalue weighted by molar-refractivity contribution is 8.15. The molecular weight excluding hydrogens is 338 g/mol. The first-order valence-corrected chi connectivity index (χ1v) is 8.79. The number of hydrogen-bond acceptors (Lipinski definition) is 6. The Kier molecular flexibility index (Phi) is 5.67. The van der Waals surface area contributed by atoms with Crippen molar-refractivity contribution < 1.29 is 14.3 Å². The van der Waals surface area contributed by atoms with Crippen LogP contribution in [0.25, 0.3) is 0 Å². The van der Waals surface area contributed by atoms with Gasteiger partial charge in [0, 0.05) is 13.2 Å². The number of thioether (sulfide) groups is 1. The molecule has 1 saturated heterocycles. The number of aromatic nitrogens is 1. The topological polar surface area (TPSA) is 71.5 Å². The van der Waals surface area contributed by atoms with Crippen LogP contribution in [0.15, 0.2) is 48.7 Å². The van der Waals surface area contributed by atoms with Gasteiger partial charge < -0.3 is 9.64 Å². The second-order valence-electron chi connectivity index (χ2n) is 5.77. The molecule has 1 atom stereocenters. The molecule has 0 bridgehead atoms. The summed E-state index contributed by atoms with van der Waals surface area (Å²) in [6.45, 7) is 0.939. The fourth-order valence-electron chi connectivity index (χ4n) is 2.46. The molecule has 7 heteroatoms. The largest absolute Gasteiger partial charge is 0.356 e. The number of carbonyl (C=O) groups excluding carboxylic acids is 2. The van der Waals surface area contributed by atoms with Gasteiger partial charge in [-0.25, -0.2) is 4.98 Å². The molecule has 0 aliphatic carbocycles. The van der Waals surface area contributed by atoms with Crippen LogP contribution in [0.3, 0.4) is 0 Å². The summed E-state index contributed by atoms with van der Waals surface area (Å²) < 4.78 is 5.71. The smallest absolute Gasteiger partial charge is 0.286 e. The first-order chi connectivity index (χ1) is 12.1. The number of anilines is 1. The quantitative estimate of drug-likeness (QED) is 0.768. The van der Waals surface area contributed by atoms with E-state index < -0.39 is 0 Å². The predicted molar refractivity (Wildman–Crippen MR) is 97.4 cm³/mol. The van der Waals surface area contributed by atoms with E-state index in [1.165, 1.54) is 0 Å². The fourth-order valence-corrected chi connectivity index (χ4v) is 3.32. The zero-order chi connectivity index (χ0) is 17.6. The van der Waals surface area contributed by atoms with Crippen LogP contribution in [0.4, 0.5) is 10.6 Å². The van der Waals surface area contributed by atoms with E-state index in [1.54, 1.807) is 6.20 Å². The van der Waals surface area contributed by atoms with Gasteiger partial charge in [-0.05, 0) is 29.7 Å². The molecule has 1 aliphatic rings. The predicted octanol–water partition coefficient (Wildman–Crippen LogP) is 2.59. The van der Waals surface area contributed by atoms with E-state index in [2.05, 4.69) is 10.3 Å². The zero-order valence-electron chi connectivity index (χ0n) is 13.8. The van der Waals surface area contributed by atoms with Crippen LogP contribution in [0.2, 0.25) is 0 Å². The van der Waals surface area contributed by atoms with E-state index in [9.17, 15) is 9.59 Å². The number of rotatable bonds is 7. The van der Waals surface area contributed by atoms with E-state index >= 15 is 0 Å². The standard InChI is InChI=1S/C18H19N3O3S/c1-21(16-4-2-3-9-19-16)12-24-11-14-7-5-13(6-8-14)10-15-17(22)20-18(23)25-15/h2-9,15H,10-12H2,1H3,(H,20,22,23). The molecule has 25 heavy (non-hydrogen) atoms. The fraction of sp³-hybridized carbons (Fsp3) is 0.278. The average Bonchev–Trinajstić information content (AvgIpc) is 2.94. The Bertz CT molecular complexity index is 737. The lowest BCUT2D eigenvalue weighted by Crippen LogP contribution is -2.25. The highest BCUT2D eigenvalue weighted by Gasteiger charge is 2.31. The number of pyridine rings is 1. The van der Waals surface area contributed by atoms with Crippen LogP contribution in [0, 0.1) is 0 Å². The van der Waals surface area contributed by atoms with Crippen molar-refractivity contribution in [1.29, 1.82) is 0 Å². The van der Waals surface area contributed by atoms with Crippen molar-refractivity contribution in [2.45, 2.75) is 18.3 Å². The van der Waals surface area contributed by atoms with E-state index in [0.29, 0.717) is 19.8 Å². The normalized spacial score (nSPS) is 16.8. The Hall–Kier alpha value is -2.38. The maximum absolute atomic E-state index is 11.6. The molecule has 1 aromatic heterocycles. The minimum Gasteiger partial charge on any atom is -0.356 e. The third-order valence-electron chi connectivity index (χ3n) is 3.81. The maximum Gasteiger partial charge on any atom is 0.286 e. The number of benzene rings is 1. The van der Waals surface area contributed by atoms with Crippen molar-refractivity contribution in [3.05, 3.63) is 59.8 Å². The summed E-state index contributed by atoms with van der Waals surface area (Å²) in [5, 5.41) is 1.71. The summed E-state index contributed by atoms with van der Waals surface area (Å²) in [4.78, 5) is 29.0. The van der Waals surface area contributed by atoms with E-state index in [1.807, 2.05) is 54.4 Å². The molecule has 1 aliphatic heterocycles. The summed E-state index contributed by atoms with van der Waals surface area (Å²) in [5.74, 6) is 0.653. The highest BCUT2D eigenvalue weighted by Crippen LogP contribution is 2.23.